The smallest absolute Gasteiger partial charge is 0.370 e. The average Bonchev–Trinajstić information content (AvgIpc) is 3.35. The first-order valence-electron chi connectivity index (χ1n) is 12.4. The highest BCUT2D eigenvalue weighted by molar-refractivity contribution is 6.31. The van der Waals surface area contributed by atoms with Gasteiger partial charge in [-0.2, -0.15) is 18.4 Å². The van der Waals surface area contributed by atoms with Crippen LogP contribution in [0.3, 0.4) is 0 Å². The summed E-state index contributed by atoms with van der Waals surface area (Å²) < 4.78 is 68.0. The van der Waals surface area contributed by atoms with Gasteiger partial charge in [0.1, 0.15) is 6.07 Å². The molecule has 0 spiro atoms. The summed E-state index contributed by atoms with van der Waals surface area (Å²) >= 11 is 6.16. The number of amides is 1. The van der Waals surface area contributed by atoms with Crippen molar-refractivity contribution in [3.63, 3.8) is 0 Å². The summed E-state index contributed by atoms with van der Waals surface area (Å²) in [4.78, 5) is 21.1. The summed E-state index contributed by atoms with van der Waals surface area (Å²) in [5, 5.41) is 17.1. The molecule has 1 amide bonds. The lowest BCUT2D eigenvalue weighted by Crippen LogP contribution is -2.49. The van der Waals surface area contributed by atoms with Crippen molar-refractivity contribution in [2.75, 3.05) is 24.5 Å². The molecule has 0 bridgehead atoms. The van der Waals surface area contributed by atoms with E-state index in [1.165, 1.54) is 17.2 Å². The number of benzene rings is 1. The van der Waals surface area contributed by atoms with Crippen molar-refractivity contribution < 1.29 is 26.7 Å². The molecule has 2 atom stereocenters. The van der Waals surface area contributed by atoms with Crippen molar-refractivity contribution in [2.45, 2.75) is 45.5 Å². The molecule has 5 rings (SSSR count). The van der Waals surface area contributed by atoms with Crippen molar-refractivity contribution in [1.29, 1.82) is 5.26 Å². The fraction of sp³-hybridized carbons (Fsp3) is 0.480. The fourth-order valence-corrected chi connectivity index (χ4v) is 5.86. The highest BCUT2D eigenvalue weighted by atomic mass is 35.5. The van der Waals surface area contributed by atoms with Crippen LogP contribution in [-0.4, -0.2) is 50.2 Å². The van der Waals surface area contributed by atoms with Crippen LogP contribution < -0.4 is 4.90 Å². The fourth-order valence-electron chi connectivity index (χ4n) is 5.63. The van der Waals surface area contributed by atoms with Crippen LogP contribution in [-0.2, 0) is 24.1 Å². The lowest BCUT2D eigenvalue weighted by atomic mass is 9.82. The lowest BCUT2D eigenvalue weighted by molar-refractivity contribution is -0.148. The Morgan fingerprint density at radius 1 is 1.23 bits per heavy atom. The molecule has 1 aromatic carbocycles. The molecule has 2 aliphatic heterocycles. The van der Waals surface area contributed by atoms with E-state index in [2.05, 4.69) is 21.3 Å². The number of nitrogens with zero attached hydrogens (tertiary/aromatic N) is 7. The van der Waals surface area contributed by atoms with E-state index in [0.717, 1.165) is 10.6 Å². The molecule has 3 aromatic rings. The van der Waals surface area contributed by atoms with Crippen LogP contribution in [0.25, 0.3) is 10.9 Å². The lowest BCUT2D eigenvalue weighted by Gasteiger charge is -2.41. The highest BCUT2D eigenvalue weighted by Gasteiger charge is 2.42. The molecule has 39 heavy (non-hydrogen) atoms. The summed E-state index contributed by atoms with van der Waals surface area (Å²) in [7, 11) is 0. The van der Waals surface area contributed by atoms with Gasteiger partial charge in [0.2, 0.25) is 11.7 Å². The van der Waals surface area contributed by atoms with E-state index in [9.17, 15) is 32.0 Å². The molecule has 2 aliphatic rings. The Balaban J connectivity index is 1.40. The Hall–Kier alpha value is -3.53. The third kappa shape index (κ3) is 4.86. The van der Waals surface area contributed by atoms with Crippen LogP contribution >= 0.6 is 11.6 Å². The van der Waals surface area contributed by atoms with Gasteiger partial charge < -0.3 is 14.4 Å². The number of anilines is 1. The molecule has 0 N–H and O–H groups in total. The molecule has 0 saturated carbocycles. The van der Waals surface area contributed by atoms with Crippen LogP contribution in [0.5, 0.6) is 0 Å². The maximum absolute atomic E-state index is 13.7. The van der Waals surface area contributed by atoms with Crippen LogP contribution in [0.1, 0.15) is 49.0 Å². The van der Waals surface area contributed by atoms with Gasteiger partial charge in [0, 0.05) is 54.3 Å². The molecular weight excluding hydrogens is 545 g/mol. The van der Waals surface area contributed by atoms with E-state index < -0.39 is 24.3 Å². The number of fused-ring (bicyclic) bond motifs is 2. The standard InChI is InChI=1S/C25H23ClF5N7O/c1-2-13-11-36(21-14(9-32)10-33-20-17(21)7-15(26)8-18(20)22(27)28)4-3-16(13)23(39)37-5-6-38-19(12-37)34-35-24(38)25(29,30)31/h7-8,10,13,16,22H,2-6,11-12H2,1H3/t13-,16+/m1/s1. The first-order valence-corrected chi connectivity index (χ1v) is 12.7. The maximum Gasteiger partial charge on any atom is 0.451 e. The summed E-state index contributed by atoms with van der Waals surface area (Å²) in [6.45, 7) is 2.64. The van der Waals surface area contributed by atoms with Gasteiger partial charge in [0.15, 0.2) is 5.82 Å². The zero-order chi connectivity index (χ0) is 28.1. The summed E-state index contributed by atoms with van der Waals surface area (Å²) in [5.41, 5.74) is 0.389. The van der Waals surface area contributed by atoms with Crippen LogP contribution in [0.2, 0.25) is 5.02 Å². The van der Waals surface area contributed by atoms with Gasteiger partial charge in [-0.1, -0.05) is 24.9 Å². The van der Waals surface area contributed by atoms with Crippen molar-refractivity contribution in [3.8, 4) is 6.07 Å². The number of aromatic nitrogens is 4. The van der Waals surface area contributed by atoms with Crippen LogP contribution in [0, 0.1) is 23.2 Å². The normalized spacial score (nSPS) is 19.9. The van der Waals surface area contributed by atoms with Gasteiger partial charge in [-0.05, 0) is 24.5 Å². The van der Waals surface area contributed by atoms with Gasteiger partial charge in [0.05, 0.1) is 23.3 Å². The molecule has 1 fully saturated rings. The van der Waals surface area contributed by atoms with Crippen molar-refractivity contribution >= 4 is 34.1 Å². The Morgan fingerprint density at radius 2 is 2.00 bits per heavy atom. The number of piperidine rings is 1. The minimum Gasteiger partial charge on any atom is -0.370 e. The molecule has 1 saturated heterocycles. The Kier molecular flexibility index (Phi) is 7.09. The number of halogens is 6. The SMILES string of the molecule is CC[C@@H]1CN(c2c(C#N)cnc3c(C(F)F)cc(Cl)cc23)CC[C@@H]1C(=O)N1CCn2c(nnc2C(F)(F)F)C1. The number of pyridine rings is 1. The minimum atomic E-state index is -4.63. The van der Waals surface area contributed by atoms with E-state index in [1.807, 2.05) is 11.8 Å². The molecule has 0 unspecified atom stereocenters. The van der Waals surface area contributed by atoms with E-state index in [0.29, 0.717) is 37.0 Å². The quantitative estimate of drug-likeness (QED) is 0.402. The molecule has 8 nitrogen and oxygen atoms in total. The molecule has 206 valence electrons. The van der Waals surface area contributed by atoms with Gasteiger partial charge in [0.25, 0.3) is 6.43 Å². The zero-order valence-corrected chi connectivity index (χ0v) is 21.5. The molecule has 0 aliphatic carbocycles. The van der Waals surface area contributed by atoms with Gasteiger partial charge in [-0.25, -0.2) is 8.78 Å². The molecule has 0 radical (unpaired) electrons. The second kappa shape index (κ2) is 10.2. The summed E-state index contributed by atoms with van der Waals surface area (Å²) in [6, 6.07) is 4.77. The highest BCUT2D eigenvalue weighted by Crippen LogP contribution is 2.40. The summed E-state index contributed by atoms with van der Waals surface area (Å²) in [5.74, 6) is -1.72. The topological polar surface area (TPSA) is 90.9 Å². The van der Waals surface area contributed by atoms with Gasteiger partial charge in [-0.15, -0.1) is 10.2 Å². The second-order valence-corrected chi connectivity index (χ2v) is 10.1. The largest absolute Gasteiger partial charge is 0.451 e. The number of carbonyl (C=O) groups is 1. The first kappa shape index (κ1) is 27.1. The van der Waals surface area contributed by atoms with Crippen molar-refractivity contribution in [2.24, 2.45) is 11.8 Å². The molecule has 4 heterocycles. The number of carbonyl (C=O) groups excluding carboxylic acids is 1. The van der Waals surface area contributed by atoms with Crippen molar-refractivity contribution in [1.82, 2.24) is 24.6 Å². The number of hydrogen-bond donors (Lipinski definition) is 0. The summed E-state index contributed by atoms with van der Waals surface area (Å²) in [6.07, 6.45) is -5.14. The van der Waals surface area contributed by atoms with Crippen LogP contribution in [0.15, 0.2) is 18.3 Å². The maximum atomic E-state index is 13.7. The number of nitriles is 1. The Labute approximate surface area is 225 Å². The van der Waals surface area contributed by atoms with E-state index in [-0.39, 0.29) is 58.9 Å². The van der Waals surface area contributed by atoms with Crippen LogP contribution in [0.4, 0.5) is 27.6 Å². The second-order valence-electron chi connectivity index (χ2n) is 9.68. The monoisotopic (exact) mass is 567 g/mol. The third-order valence-corrected chi connectivity index (χ3v) is 7.72. The Morgan fingerprint density at radius 3 is 2.67 bits per heavy atom. The number of hydrogen-bond acceptors (Lipinski definition) is 6. The molecule has 2 aromatic heterocycles. The van der Waals surface area contributed by atoms with Crippen molar-refractivity contribution in [3.05, 3.63) is 46.1 Å². The number of rotatable bonds is 4. The van der Waals surface area contributed by atoms with Gasteiger partial charge >= 0.3 is 6.18 Å². The third-order valence-electron chi connectivity index (χ3n) is 7.50. The predicted octanol–water partition coefficient (Wildman–Crippen LogP) is 5.20. The zero-order valence-electron chi connectivity index (χ0n) is 20.7. The van der Waals surface area contributed by atoms with Gasteiger partial charge in [-0.3, -0.25) is 9.78 Å². The Bertz CT molecular complexity index is 1470. The minimum absolute atomic E-state index is 0.0552. The number of alkyl halides is 5. The molecule has 14 heteroatoms. The first-order chi connectivity index (χ1) is 18.5. The van der Waals surface area contributed by atoms with E-state index in [1.54, 1.807) is 0 Å². The molecular formula is C25H23ClF5N7O. The predicted molar refractivity (Wildman–Crippen MR) is 131 cm³/mol. The van der Waals surface area contributed by atoms with E-state index >= 15 is 0 Å². The van der Waals surface area contributed by atoms with E-state index in [4.69, 9.17) is 11.6 Å². The average molecular weight is 568 g/mol.